The van der Waals surface area contributed by atoms with E-state index in [0.717, 1.165) is 19.5 Å². The summed E-state index contributed by atoms with van der Waals surface area (Å²) in [5.74, 6) is -0.572. The molecule has 1 aliphatic heterocycles. The van der Waals surface area contributed by atoms with Crippen molar-refractivity contribution in [1.29, 1.82) is 0 Å². The first-order valence-corrected chi connectivity index (χ1v) is 7.60. The molecule has 0 saturated carbocycles. The average molecular weight is 325 g/mol. The lowest BCUT2D eigenvalue weighted by atomic mass is 10.1. The van der Waals surface area contributed by atoms with Crippen LogP contribution in [0.5, 0.6) is 0 Å². The molecule has 1 N–H and O–H groups in total. The molecule has 2 atom stereocenters. The van der Waals surface area contributed by atoms with Gasteiger partial charge in [0.05, 0.1) is 12.6 Å². The average Bonchev–Trinajstić information content (AvgIpc) is 2.48. The SMILES string of the molecule is CC[C@H]1CN([C@@H](C)C(=O)NCC(F)(F)F)CCN1CCOC. The number of hydrogen-bond donors (Lipinski definition) is 1. The number of alkyl halides is 3. The van der Waals surface area contributed by atoms with Gasteiger partial charge in [0.2, 0.25) is 5.91 Å². The van der Waals surface area contributed by atoms with E-state index in [1.807, 2.05) is 10.2 Å². The number of nitrogens with one attached hydrogen (secondary N) is 1. The van der Waals surface area contributed by atoms with Crippen LogP contribution in [-0.4, -0.2) is 80.4 Å². The van der Waals surface area contributed by atoms with Gasteiger partial charge < -0.3 is 10.1 Å². The van der Waals surface area contributed by atoms with Crippen molar-refractivity contribution in [3.8, 4) is 0 Å². The Hall–Kier alpha value is -0.860. The van der Waals surface area contributed by atoms with Crippen LogP contribution in [0.25, 0.3) is 0 Å². The molecule has 1 heterocycles. The molecule has 22 heavy (non-hydrogen) atoms. The Labute approximate surface area is 129 Å². The van der Waals surface area contributed by atoms with E-state index < -0.39 is 24.7 Å². The van der Waals surface area contributed by atoms with Crippen LogP contribution in [0.1, 0.15) is 20.3 Å². The first-order valence-electron chi connectivity index (χ1n) is 7.60. The minimum Gasteiger partial charge on any atom is -0.383 e. The predicted octanol–water partition coefficient (Wildman–Crippen LogP) is 1.10. The van der Waals surface area contributed by atoms with Gasteiger partial charge in [0, 0.05) is 39.3 Å². The Balaban J connectivity index is 2.50. The van der Waals surface area contributed by atoms with Crippen molar-refractivity contribution in [2.45, 2.75) is 38.5 Å². The van der Waals surface area contributed by atoms with Gasteiger partial charge in [0.25, 0.3) is 0 Å². The Morgan fingerprint density at radius 2 is 2.09 bits per heavy atom. The topological polar surface area (TPSA) is 44.8 Å². The van der Waals surface area contributed by atoms with Gasteiger partial charge in [-0.15, -0.1) is 0 Å². The summed E-state index contributed by atoms with van der Waals surface area (Å²) in [4.78, 5) is 16.1. The van der Waals surface area contributed by atoms with Gasteiger partial charge in [-0.3, -0.25) is 14.6 Å². The molecule has 0 aliphatic carbocycles. The minimum atomic E-state index is -4.37. The summed E-state index contributed by atoms with van der Waals surface area (Å²) in [6, 6.07) is -0.261. The first-order chi connectivity index (χ1) is 10.3. The molecule has 0 aromatic carbocycles. The van der Waals surface area contributed by atoms with E-state index in [1.54, 1.807) is 14.0 Å². The number of halogens is 3. The van der Waals surface area contributed by atoms with Crippen molar-refractivity contribution in [3.63, 3.8) is 0 Å². The quantitative estimate of drug-likeness (QED) is 0.761. The fourth-order valence-corrected chi connectivity index (χ4v) is 2.66. The lowest BCUT2D eigenvalue weighted by Gasteiger charge is -2.43. The van der Waals surface area contributed by atoms with E-state index in [4.69, 9.17) is 4.74 Å². The summed E-state index contributed by atoms with van der Waals surface area (Å²) in [5, 5.41) is 1.96. The Morgan fingerprint density at radius 1 is 1.41 bits per heavy atom. The zero-order valence-corrected chi connectivity index (χ0v) is 13.4. The number of carbonyl (C=O) groups is 1. The molecule has 1 amide bonds. The molecule has 0 spiro atoms. The highest BCUT2D eigenvalue weighted by Crippen LogP contribution is 2.16. The molecule has 1 saturated heterocycles. The van der Waals surface area contributed by atoms with Crippen LogP contribution in [-0.2, 0) is 9.53 Å². The van der Waals surface area contributed by atoms with Crippen LogP contribution < -0.4 is 5.32 Å². The van der Waals surface area contributed by atoms with Crippen LogP contribution >= 0.6 is 0 Å². The minimum absolute atomic E-state index is 0.293. The molecule has 0 unspecified atom stereocenters. The maximum atomic E-state index is 12.2. The van der Waals surface area contributed by atoms with E-state index in [-0.39, 0.29) is 0 Å². The number of ether oxygens (including phenoxy) is 1. The van der Waals surface area contributed by atoms with Gasteiger partial charge in [-0.05, 0) is 13.3 Å². The van der Waals surface area contributed by atoms with Crippen molar-refractivity contribution >= 4 is 5.91 Å². The van der Waals surface area contributed by atoms with E-state index in [0.29, 0.717) is 25.7 Å². The lowest BCUT2D eigenvalue weighted by molar-refractivity contribution is -0.142. The third kappa shape index (κ3) is 6.10. The van der Waals surface area contributed by atoms with Gasteiger partial charge in [-0.2, -0.15) is 13.2 Å². The number of piperazine rings is 1. The highest BCUT2D eigenvalue weighted by Gasteiger charge is 2.33. The van der Waals surface area contributed by atoms with Crippen molar-refractivity contribution in [1.82, 2.24) is 15.1 Å². The summed E-state index contributed by atoms with van der Waals surface area (Å²) in [7, 11) is 1.66. The number of carbonyl (C=O) groups excluding carboxylic acids is 1. The Kier molecular flexibility index (Phi) is 7.58. The van der Waals surface area contributed by atoms with Crippen molar-refractivity contribution in [2.24, 2.45) is 0 Å². The maximum Gasteiger partial charge on any atom is 0.405 e. The largest absolute Gasteiger partial charge is 0.405 e. The third-order valence-corrected chi connectivity index (χ3v) is 4.08. The van der Waals surface area contributed by atoms with Gasteiger partial charge in [-0.1, -0.05) is 6.92 Å². The molecule has 0 aromatic rings. The van der Waals surface area contributed by atoms with Crippen LogP contribution in [0.4, 0.5) is 13.2 Å². The number of nitrogens with zero attached hydrogens (tertiary/aromatic N) is 2. The molecule has 0 aromatic heterocycles. The van der Waals surface area contributed by atoms with E-state index in [9.17, 15) is 18.0 Å². The van der Waals surface area contributed by atoms with E-state index in [2.05, 4.69) is 11.8 Å². The van der Waals surface area contributed by atoms with Crippen LogP contribution in [0.2, 0.25) is 0 Å². The smallest absolute Gasteiger partial charge is 0.383 e. The Bertz CT molecular complexity index is 353. The molecule has 5 nitrogen and oxygen atoms in total. The summed E-state index contributed by atoms with van der Waals surface area (Å²) >= 11 is 0. The standard InChI is InChI=1S/C14H26F3N3O2/c1-4-12-9-20(6-5-19(12)7-8-22-3)11(2)13(21)18-10-14(15,16)17/h11-12H,4-10H2,1-3H3,(H,18,21)/t11-,12-/m0/s1. The van der Waals surface area contributed by atoms with Crippen LogP contribution in [0.15, 0.2) is 0 Å². The van der Waals surface area contributed by atoms with Gasteiger partial charge in [-0.25, -0.2) is 0 Å². The number of rotatable bonds is 7. The molecule has 1 aliphatic rings. The highest BCUT2D eigenvalue weighted by molar-refractivity contribution is 5.81. The first kappa shape index (κ1) is 19.2. The van der Waals surface area contributed by atoms with E-state index in [1.165, 1.54) is 0 Å². The summed E-state index contributed by atoms with van der Waals surface area (Å²) in [5.41, 5.74) is 0. The maximum absolute atomic E-state index is 12.2. The number of amides is 1. The van der Waals surface area contributed by atoms with Crippen LogP contribution in [0, 0.1) is 0 Å². The molecule has 0 bridgehead atoms. The normalized spacial score (nSPS) is 22.5. The summed E-state index contributed by atoms with van der Waals surface area (Å²) in [6.45, 7) is 6.07. The molecule has 8 heteroatoms. The molecular formula is C14H26F3N3O2. The third-order valence-electron chi connectivity index (χ3n) is 4.08. The van der Waals surface area contributed by atoms with Crippen molar-refractivity contribution < 1.29 is 22.7 Å². The fraction of sp³-hybridized carbons (Fsp3) is 0.929. The summed E-state index contributed by atoms with van der Waals surface area (Å²) in [6.07, 6.45) is -3.45. The zero-order valence-electron chi connectivity index (χ0n) is 13.4. The van der Waals surface area contributed by atoms with Gasteiger partial charge in [0.1, 0.15) is 6.54 Å². The zero-order chi connectivity index (χ0) is 16.8. The molecule has 1 rings (SSSR count). The number of hydrogen-bond acceptors (Lipinski definition) is 4. The van der Waals surface area contributed by atoms with E-state index >= 15 is 0 Å². The summed E-state index contributed by atoms with van der Waals surface area (Å²) < 4.78 is 41.6. The molecule has 1 fully saturated rings. The van der Waals surface area contributed by atoms with Crippen molar-refractivity contribution in [3.05, 3.63) is 0 Å². The highest BCUT2D eigenvalue weighted by atomic mass is 19.4. The van der Waals surface area contributed by atoms with Gasteiger partial charge in [0.15, 0.2) is 0 Å². The second kappa shape index (κ2) is 8.69. The second-order valence-corrected chi connectivity index (χ2v) is 5.59. The lowest BCUT2D eigenvalue weighted by Crippen LogP contribution is -2.58. The Morgan fingerprint density at radius 3 is 2.64 bits per heavy atom. The van der Waals surface area contributed by atoms with Gasteiger partial charge >= 0.3 is 6.18 Å². The van der Waals surface area contributed by atoms with Crippen LogP contribution in [0.3, 0.4) is 0 Å². The van der Waals surface area contributed by atoms with Crippen molar-refractivity contribution in [2.75, 3.05) is 46.4 Å². The monoisotopic (exact) mass is 325 g/mol. The number of methoxy groups -OCH3 is 1. The molecular weight excluding hydrogens is 299 g/mol. The second-order valence-electron chi connectivity index (χ2n) is 5.59. The fourth-order valence-electron chi connectivity index (χ4n) is 2.66. The predicted molar refractivity (Wildman–Crippen MR) is 77.6 cm³/mol. The molecule has 130 valence electrons. The molecule has 0 radical (unpaired) electrons.